The van der Waals surface area contributed by atoms with Crippen molar-refractivity contribution in [1.29, 1.82) is 0 Å². The Balaban J connectivity index is 2.33. The van der Waals surface area contributed by atoms with Crippen molar-refractivity contribution in [2.45, 2.75) is 6.18 Å². The molecule has 0 amide bonds. The van der Waals surface area contributed by atoms with Crippen LogP contribution in [0.5, 0.6) is 0 Å². The first-order valence-corrected chi connectivity index (χ1v) is 4.69. The van der Waals surface area contributed by atoms with Crippen molar-refractivity contribution < 1.29 is 18.0 Å². The first kappa shape index (κ1) is 11.4. The largest absolute Gasteiger partial charge is 0.435 e. The van der Waals surface area contributed by atoms with Gasteiger partial charge in [0.2, 0.25) is 0 Å². The molecule has 0 spiro atoms. The van der Waals surface area contributed by atoms with Crippen LogP contribution in [0.4, 0.5) is 13.2 Å². The molecule has 0 saturated carbocycles. The average Bonchev–Trinajstić information content (AvgIpc) is 2.78. The summed E-state index contributed by atoms with van der Waals surface area (Å²) in [7, 11) is 0. The normalized spacial score (nSPS) is 11.5. The Morgan fingerprint density at radius 3 is 2.24 bits per heavy atom. The first-order valence-electron chi connectivity index (χ1n) is 4.69. The van der Waals surface area contributed by atoms with Gasteiger partial charge in [0.15, 0.2) is 5.69 Å². The zero-order valence-electron chi connectivity index (χ0n) is 8.48. The van der Waals surface area contributed by atoms with Crippen LogP contribution in [0.25, 0.3) is 5.69 Å². The molecule has 0 aliphatic carbocycles. The van der Waals surface area contributed by atoms with Gasteiger partial charge in [-0.05, 0) is 30.3 Å². The van der Waals surface area contributed by atoms with Crippen LogP contribution >= 0.6 is 0 Å². The molecule has 1 aromatic heterocycles. The van der Waals surface area contributed by atoms with E-state index in [-0.39, 0.29) is 0 Å². The quantitative estimate of drug-likeness (QED) is 0.756. The van der Waals surface area contributed by atoms with Gasteiger partial charge >= 0.3 is 6.18 Å². The smallest absolute Gasteiger partial charge is 0.298 e. The second-order valence-corrected chi connectivity index (χ2v) is 3.35. The number of alkyl halides is 3. The minimum absolute atomic E-state index is 0.456. The summed E-state index contributed by atoms with van der Waals surface area (Å²) in [6.07, 6.45) is -2.57. The Bertz CT molecular complexity index is 528. The molecule has 3 nitrogen and oxygen atoms in total. The second kappa shape index (κ2) is 4.04. The standard InChI is InChI=1S/C11H7F3N2O/c12-11(13,14)10-5-6-16(15-10)9-3-1-8(7-17)2-4-9/h1-7H. The Labute approximate surface area is 94.5 Å². The van der Waals surface area contributed by atoms with Crippen LogP contribution in [0.15, 0.2) is 36.5 Å². The van der Waals surface area contributed by atoms with Crippen LogP contribution < -0.4 is 0 Å². The number of halogens is 3. The summed E-state index contributed by atoms with van der Waals surface area (Å²) >= 11 is 0. The Kier molecular flexibility index (Phi) is 2.71. The van der Waals surface area contributed by atoms with Gasteiger partial charge in [0, 0.05) is 11.8 Å². The predicted molar refractivity (Wildman–Crippen MR) is 54.0 cm³/mol. The van der Waals surface area contributed by atoms with E-state index in [0.717, 1.165) is 10.7 Å². The third-order valence-corrected chi connectivity index (χ3v) is 2.17. The molecule has 6 heteroatoms. The van der Waals surface area contributed by atoms with E-state index < -0.39 is 11.9 Å². The van der Waals surface area contributed by atoms with Crippen molar-refractivity contribution in [1.82, 2.24) is 9.78 Å². The molecule has 2 rings (SSSR count). The highest BCUT2D eigenvalue weighted by Crippen LogP contribution is 2.27. The number of rotatable bonds is 2. The van der Waals surface area contributed by atoms with Gasteiger partial charge in [-0.1, -0.05) is 0 Å². The molecule has 0 radical (unpaired) electrons. The Morgan fingerprint density at radius 2 is 1.76 bits per heavy atom. The lowest BCUT2D eigenvalue weighted by atomic mass is 10.2. The molecule has 2 aromatic rings. The van der Waals surface area contributed by atoms with Gasteiger partial charge < -0.3 is 0 Å². The van der Waals surface area contributed by atoms with Crippen molar-refractivity contribution >= 4 is 6.29 Å². The molecule has 0 unspecified atom stereocenters. The molecule has 0 N–H and O–H groups in total. The second-order valence-electron chi connectivity index (χ2n) is 3.35. The fourth-order valence-electron chi connectivity index (χ4n) is 1.32. The summed E-state index contributed by atoms with van der Waals surface area (Å²) < 4.78 is 38.0. The lowest BCUT2D eigenvalue weighted by molar-refractivity contribution is -0.141. The van der Waals surface area contributed by atoms with Gasteiger partial charge in [0.05, 0.1) is 5.69 Å². The molecule has 88 valence electrons. The van der Waals surface area contributed by atoms with Gasteiger partial charge in [-0.3, -0.25) is 4.79 Å². The summed E-state index contributed by atoms with van der Waals surface area (Å²) in [4.78, 5) is 10.4. The molecule has 0 saturated heterocycles. The van der Waals surface area contributed by atoms with E-state index in [0.29, 0.717) is 17.5 Å². The number of nitrogens with zero attached hydrogens (tertiary/aromatic N) is 2. The fraction of sp³-hybridized carbons (Fsp3) is 0.0909. The zero-order chi connectivity index (χ0) is 12.5. The topological polar surface area (TPSA) is 34.9 Å². The number of benzene rings is 1. The average molecular weight is 240 g/mol. The number of aldehydes is 1. The maximum absolute atomic E-state index is 12.3. The lowest BCUT2D eigenvalue weighted by Crippen LogP contribution is -2.07. The van der Waals surface area contributed by atoms with Crippen LogP contribution in [0.2, 0.25) is 0 Å². The molecular weight excluding hydrogens is 233 g/mol. The van der Waals surface area contributed by atoms with Gasteiger partial charge in [-0.2, -0.15) is 18.3 Å². The van der Waals surface area contributed by atoms with Crippen molar-refractivity contribution in [3.05, 3.63) is 47.8 Å². The molecule has 0 fully saturated rings. The monoisotopic (exact) mass is 240 g/mol. The first-order chi connectivity index (χ1) is 8.00. The maximum atomic E-state index is 12.3. The molecule has 1 aromatic carbocycles. The molecular formula is C11H7F3N2O. The van der Waals surface area contributed by atoms with E-state index in [1.165, 1.54) is 30.5 Å². The number of carbonyl (C=O) groups excluding carboxylic acids is 1. The molecule has 0 aliphatic rings. The highest BCUT2D eigenvalue weighted by Gasteiger charge is 2.33. The summed E-state index contributed by atoms with van der Waals surface area (Å²) in [5, 5.41) is 3.41. The maximum Gasteiger partial charge on any atom is 0.435 e. The zero-order valence-corrected chi connectivity index (χ0v) is 8.48. The minimum atomic E-state index is -4.45. The van der Waals surface area contributed by atoms with Gasteiger partial charge in [0.1, 0.15) is 6.29 Å². The van der Waals surface area contributed by atoms with Crippen molar-refractivity contribution in [3.63, 3.8) is 0 Å². The fourth-order valence-corrected chi connectivity index (χ4v) is 1.32. The Hall–Kier alpha value is -2.11. The van der Waals surface area contributed by atoms with E-state index in [9.17, 15) is 18.0 Å². The van der Waals surface area contributed by atoms with Crippen LogP contribution in [0, 0.1) is 0 Å². The van der Waals surface area contributed by atoms with E-state index in [1.54, 1.807) is 0 Å². The van der Waals surface area contributed by atoms with Crippen LogP contribution in [-0.2, 0) is 6.18 Å². The van der Waals surface area contributed by atoms with Crippen molar-refractivity contribution in [3.8, 4) is 5.69 Å². The number of aromatic nitrogens is 2. The summed E-state index contributed by atoms with van der Waals surface area (Å²) in [6, 6.07) is 6.97. The van der Waals surface area contributed by atoms with E-state index >= 15 is 0 Å². The molecule has 17 heavy (non-hydrogen) atoms. The SMILES string of the molecule is O=Cc1ccc(-n2ccc(C(F)(F)F)n2)cc1. The number of hydrogen-bond donors (Lipinski definition) is 0. The lowest BCUT2D eigenvalue weighted by Gasteiger charge is -2.03. The number of carbonyl (C=O) groups is 1. The van der Waals surface area contributed by atoms with Crippen LogP contribution in [0.3, 0.4) is 0 Å². The van der Waals surface area contributed by atoms with Crippen LogP contribution in [0.1, 0.15) is 16.1 Å². The van der Waals surface area contributed by atoms with E-state index in [4.69, 9.17) is 0 Å². The van der Waals surface area contributed by atoms with Gasteiger partial charge in [-0.15, -0.1) is 0 Å². The summed E-state index contributed by atoms with van der Waals surface area (Å²) in [5.74, 6) is 0. The summed E-state index contributed by atoms with van der Waals surface area (Å²) in [5.41, 5.74) is -0.0278. The van der Waals surface area contributed by atoms with E-state index in [2.05, 4.69) is 5.10 Å². The van der Waals surface area contributed by atoms with Crippen molar-refractivity contribution in [2.24, 2.45) is 0 Å². The third-order valence-electron chi connectivity index (χ3n) is 2.17. The minimum Gasteiger partial charge on any atom is -0.298 e. The van der Waals surface area contributed by atoms with Gasteiger partial charge in [0.25, 0.3) is 0 Å². The molecule has 0 aliphatic heterocycles. The molecule has 0 bridgehead atoms. The number of hydrogen-bond acceptors (Lipinski definition) is 2. The van der Waals surface area contributed by atoms with E-state index in [1.807, 2.05) is 0 Å². The summed E-state index contributed by atoms with van der Waals surface area (Å²) in [6.45, 7) is 0. The van der Waals surface area contributed by atoms with Crippen LogP contribution in [-0.4, -0.2) is 16.1 Å². The highest BCUT2D eigenvalue weighted by molar-refractivity contribution is 5.75. The highest BCUT2D eigenvalue weighted by atomic mass is 19.4. The predicted octanol–water partition coefficient (Wildman–Crippen LogP) is 2.70. The third kappa shape index (κ3) is 2.35. The Morgan fingerprint density at radius 1 is 1.12 bits per heavy atom. The molecule has 0 atom stereocenters. The van der Waals surface area contributed by atoms with Gasteiger partial charge in [-0.25, -0.2) is 4.68 Å². The molecule has 1 heterocycles. The van der Waals surface area contributed by atoms with Crippen molar-refractivity contribution in [2.75, 3.05) is 0 Å².